The molecule has 0 radical (unpaired) electrons. The van der Waals surface area contributed by atoms with Crippen LogP contribution in [0.4, 0.5) is 5.69 Å². The van der Waals surface area contributed by atoms with E-state index in [4.69, 9.17) is 23.2 Å². The first-order valence-corrected chi connectivity index (χ1v) is 12.1. The van der Waals surface area contributed by atoms with Crippen molar-refractivity contribution in [1.29, 1.82) is 0 Å². The molecule has 168 valence electrons. The van der Waals surface area contributed by atoms with Crippen molar-refractivity contribution in [1.82, 2.24) is 10.2 Å². The van der Waals surface area contributed by atoms with Crippen molar-refractivity contribution in [2.75, 3.05) is 18.4 Å². The van der Waals surface area contributed by atoms with E-state index in [1.807, 2.05) is 36.4 Å². The summed E-state index contributed by atoms with van der Waals surface area (Å²) in [5.74, 6) is 0.370. The van der Waals surface area contributed by atoms with Crippen LogP contribution in [0.25, 0.3) is 0 Å². The van der Waals surface area contributed by atoms with Crippen LogP contribution in [0.2, 0.25) is 10.0 Å². The first-order chi connectivity index (χ1) is 15.4. The normalized spacial score (nSPS) is 22.4. The van der Waals surface area contributed by atoms with E-state index in [9.17, 15) is 9.59 Å². The molecule has 2 amide bonds. The molecule has 0 saturated heterocycles. The predicted octanol–water partition coefficient (Wildman–Crippen LogP) is 4.76. The van der Waals surface area contributed by atoms with Crippen LogP contribution in [0.15, 0.2) is 42.5 Å². The van der Waals surface area contributed by atoms with Gasteiger partial charge in [0.25, 0.3) is 0 Å². The molecule has 2 saturated carbocycles. The summed E-state index contributed by atoms with van der Waals surface area (Å²) in [5, 5.41) is 7.39. The molecule has 1 aliphatic heterocycles. The van der Waals surface area contributed by atoms with E-state index in [0.717, 1.165) is 43.2 Å². The number of hydrogen-bond acceptors (Lipinski definition) is 3. The van der Waals surface area contributed by atoms with Crippen molar-refractivity contribution >= 4 is 40.7 Å². The number of nitrogens with zero attached hydrogens (tertiary/aromatic N) is 1. The molecule has 2 aromatic rings. The maximum Gasteiger partial charge on any atom is 0.249 e. The summed E-state index contributed by atoms with van der Waals surface area (Å²) < 4.78 is 0. The van der Waals surface area contributed by atoms with E-state index in [0.29, 0.717) is 34.6 Å². The van der Waals surface area contributed by atoms with Gasteiger partial charge in [-0.25, -0.2) is 0 Å². The van der Waals surface area contributed by atoms with Gasteiger partial charge in [0.1, 0.15) is 5.54 Å². The highest BCUT2D eigenvalue weighted by Gasteiger charge is 2.52. The summed E-state index contributed by atoms with van der Waals surface area (Å²) >= 11 is 12.5. The summed E-state index contributed by atoms with van der Waals surface area (Å²) in [6.45, 7) is 0.886. The summed E-state index contributed by atoms with van der Waals surface area (Å²) in [5.41, 5.74) is 1.54. The molecule has 2 aliphatic carbocycles. The lowest BCUT2D eigenvalue weighted by Crippen LogP contribution is -2.57. The van der Waals surface area contributed by atoms with Crippen LogP contribution in [0.1, 0.15) is 43.2 Å². The minimum Gasteiger partial charge on any atom is -0.352 e. The lowest BCUT2D eigenvalue weighted by atomic mass is 9.82. The van der Waals surface area contributed by atoms with Gasteiger partial charge in [-0.05, 0) is 67.9 Å². The summed E-state index contributed by atoms with van der Waals surface area (Å²) in [7, 11) is 0. The van der Waals surface area contributed by atoms with E-state index in [-0.39, 0.29) is 24.4 Å². The maximum absolute atomic E-state index is 13.7. The quantitative estimate of drug-likeness (QED) is 0.582. The predicted molar refractivity (Wildman–Crippen MR) is 127 cm³/mol. The number of fused-ring (bicyclic) bond motifs is 1. The van der Waals surface area contributed by atoms with E-state index >= 15 is 0 Å². The summed E-state index contributed by atoms with van der Waals surface area (Å²) in [4.78, 5) is 28.8. The molecular weight excluding hydrogens is 445 g/mol. The second kappa shape index (κ2) is 8.69. The molecule has 5 nitrogen and oxygen atoms in total. The minimum absolute atomic E-state index is 0.0176. The lowest BCUT2D eigenvalue weighted by molar-refractivity contribution is -0.132. The van der Waals surface area contributed by atoms with Crippen molar-refractivity contribution < 1.29 is 9.59 Å². The third kappa shape index (κ3) is 4.26. The molecule has 1 atom stereocenters. The Morgan fingerprint density at radius 1 is 1.09 bits per heavy atom. The van der Waals surface area contributed by atoms with Crippen LogP contribution < -0.4 is 10.6 Å². The molecule has 5 rings (SSSR count). The maximum atomic E-state index is 13.7. The van der Waals surface area contributed by atoms with Gasteiger partial charge in [-0.3, -0.25) is 14.5 Å². The standard InChI is InChI=1S/C25H27Cl2N3O2/c26-18-4-1-3-17(11-18)13-25(21-10-9-19(27)12-22(21)29-24(25)32)30(14-16-7-8-16)15-23(31)28-20-5-2-6-20/h1,3-4,9-12,16,20H,2,5-8,13-15H2,(H,28,31)(H,29,32). The number of nitrogens with one attached hydrogen (secondary N) is 2. The van der Waals surface area contributed by atoms with Gasteiger partial charge in [0.05, 0.1) is 6.54 Å². The fourth-order valence-electron chi connectivity index (χ4n) is 4.84. The highest BCUT2D eigenvalue weighted by atomic mass is 35.5. The summed E-state index contributed by atoms with van der Waals surface area (Å²) in [6.07, 6.45) is 5.91. The third-order valence-corrected chi connectivity index (χ3v) is 7.39. The topological polar surface area (TPSA) is 61.4 Å². The molecule has 32 heavy (non-hydrogen) atoms. The number of carbonyl (C=O) groups is 2. The zero-order valence-corrected chi connectivity index (χ0v) is 19.4. The highest BCUT2D eigenvalue weighted by molar-refractivity contribution is 6.31. The van der Waals surface area contributed by atoms with Gasteiger partial charge in [-0.2, -0.15) is 0 Å². The lowest BCUT2D eigenvalue weighted by Gasteiger charge is -2.40. The van der Waals surface area contributed by atoms with E-state index < -0.39 is 5.54 Å². The Bertz CT molecular complexity index is 1050. The minimum atomic E-state index is -0.996. The number of hydrogen-bond donors (Lipinski definition) is 2. The Labute approximate surface area is 198 Å². The van der Waals surface area contributed by atoms with Gasteiger partial charge in [0, 0.05) is 40.3 Å². The van der Waals surface area contributed by atoms with Crippen LogP contribution in [0, 0.1) is 5.92 Å². The fourth-order valence-corrected chi connectivity index (χ4v) is 5.22. The number of benzene rings is 2. The molecule has 7 heteroatoms. The first kappa shape index (κ1) is 21.7. The molecule has 2 fully saturated rings. The molecule has 3 aliphatic rings. The smallest absolute Gasteiger partial charge is 0.249 e. The molecule has 1 unspecified atom stereocenters. The number of rotatable bonds is 8. The molecule has 0 bridgehead atoms. The van der Waals surface area contributed by atoms with Gasteiger partial charge in [0.2, 0.25) is 11.8 Å². The molecule has 2 N–H and O–H groups in total. The van der Waals surface area contributed by atoms with Crippen LogP contribution in [-0.4, -0.2) is 35.8 Å². The van der Waals surface area contributed by atoms with Gasteiger partial charge < -0.3 is 10.6 Å². The van der Waals surface area contributed by atoms with Gasteiger partial charge in [-0.15, -0.1) is 0 Å². The average molecular weight is 472 g/mol. The zero-order chi connectivity index (χ0) is 22.3. The monoisotopic (exact) mass is 471 g/mol. The van der Waals surface area contributed by atoms with Crippen molar-refractivity contribution in [2.24, 2.45) is 5.92 Å². The Morgan fingerprint density at radius 3 is 2.56 bits per heavy atom. The molecule has 0 spiro atoms. The number of amides is 2. The Kier molecular flexibility index (Phi) is 5.91. The van der Waals surface area contributed by atoms with Gasteiger partial charge in [0.15, 0.2) is 0 Å². The largest absolute Gasteiger partial charge is 0.352 e. The second-order valence-electron chi connectivity index (χ2n) is 9.33. The second-order valence-corrected chi connectivity index (χ2v) is 10.2. The number of carbonyl (C=O) groups excluding carboxylic acids is 2. The Morgan fingerprint density at radius 2 is 1.88 bits per heavy atom. The number of halogens is 2. The number of anilines is 1. The highest BCUT2D eigenvalue weighted by Crippen LogP contribution is 2.46. The SMILES string of the molecule is O=C(CN(CC1CC1)C1(Cc2cccc(Cl)c2)C(=O)Nc2cc(Cl)ccc21)NC1CCC1. The van der Waals surface area contributed by atoms with Crippen LogP contribution in [0.3, 0.4) is 0 Å². The van der Waals surface area contributed by atoms with Gasteiger partial charge >= 0.3 is 0 Å². The fraction of sp³-hybridized carbons (Fsp3) is 0.440. The van der Waals surface area contributed by atoms with Crippen LogP contribution in [-0.2, 0) is 21.5 Å². The van der Waals surface area contributed by atoms with Crippen LogP contribution in [0.5, 0.6) is 0 Å². The third-order valence-electron chi connectivity index (χ3n) is 6.92. The molecule has 1 heterocycles. The van der Waals surface area contributed by atoms with Crippen molar-refractivity contribution in [2.45, 2.75) is 50.1 Å². The van der Waals surface area contributed by atoms with Gasteiger partial charge in [-0.1, -0.05) is 41.4 Å². The average Bonchev–Trinajstić information content (AvgIpc) is 3.48. The Balaban J connectivity index is 1.55. The van der Waals surface area contributed by atoms with Crippen molar-refractivity contribution in [3.63, 3.8) is 0 Å². The zero-order valence-electron chi connectivity index (χ0n) is 17.9. The van der Waals surface area contributed by atoms with Crippen molar-refractivity contribution in [3.8, 4) is 0 Å². The van der Waals surface area contributed by atoms with Crippen molar-refractivity contribution in [3.05, 3.63) is 63.6 Å². The molecule has 2 aromatic carbocycles. The molecule has 0 aromatic heterocycles. The van der Waals surface area contributed by atoms with Crippen LogP contribution >= 0.6 is 23.2 Å². The van der Waals surface area contributed by atoms with E-state index in [1.165, 1.54) is 0 Å². The summed E-state index contributed by atoms with van der Waals surface area (Å²) in [6, 6.07) is 13.4. The first-order valence-electron chi connectivity index (χ1n) is 11.3. The van der Waals surface area contributed by atoms with E-state index in [2.05, 4.69) is 15.5 Å². The Hall–Kier alpha value is -2.08. The molecular formula is C25H27Cl2N3O2. The van der Waals surface area contributed by atoms with E-state index in [1.54, 1.807) is 6.07 Å².